The second-order valence-corrected chi connectivity index (χ2v) is 4.72. The molecule has 2 heterocycles. The fourth-order valence-corrected chi connectivity index (χ4v) is 2.19. The smallest absolute Gasteiger partial charge is 0.318 e. The summed E-state index contributed by atoms with van der Waals surface area (Å²) in [4.78, 5) is 26.0. The first kappa shape index (κ1) is 16.0. The Morgan fingerprint density at radius 3 is 2.73 bits per heavy atom. The normalized spacial score (nSPS) is 24.0. The average Bonchev–Trinajstić information content (AvgIpc) is 2.99. The van der Waals surface area contributed by atoms with Gasteiger partial charge in [-0.15, -0.1) is 5.10 Å². The predicted octanol–water partition coefficient (Wildman–Crippen LogP) is -0.349. The first-order valence-corrected chi connectivity index (χ1v) is 6.62. The maximum atomic E-state index is 11.2. The number of nitrogens with two attached hydrogens (primary N) is 1. The summed E-state index contributed by atoms with van der Waals surface area (Å²) in [6.45, 7) is 2.55. The minimum absolute atomic E-state index is 0.0315. The van der Waals surface area contributed by atoms with E-state index in [0.717, 1.165) is 0 Å². The van der Waals surface area contributed by atoms with Gasteiger partial charge in [0.2, 0.25) is 5.95 Å². The molecule has 2 rings (SSSR count). The molecule has 0 aromatic carbocycles. The molecule has 1 fully saturated rings. The van der Waals surface area contributed by atoms with Crippen LogP contribution in [0.15, 0.2) is 0 Å². The van der Waals surface area contributed by atoms with E-state index in [1.165, 1.54) is 25.6 Å². The SMILES string of the molecule is COc1nc(N)nn1[C@H]1C[C@H](OC(C)=O)[C@@H](COC(C)=O)O1. The van der Waals surface area contributed by atoms with Gasteiger partial charge in [0, 0.05) is 20.3 Å². The van der Waals surface area contributed by atoms with Crippen LogP contribution in [-0.2, 0) is 23.8 Å². The van der Waals surface area contributed by atoms with Gasteiger partial charge in [-0.05, 0) is 0 Å². The maximum absolute atomic E-state index is 11.2. The summed E-state index contributed by atoms with van der Waals surface area (Å²) in [5, 5.41) is 3.99. The molecule has 0 radical (unpaired) electrons. The van der Waals surface area contributed by atoms with E-state index in [4.69, 9.17) is 24.7 Å². The molecule has 0 saturated carbocycles. The Bertz CT molecular complexity index is 560. The van der Waals surface area contributed by atoms with Gasteiger partial charge in [0.25, 0.3) is 0 Å². The number of rotatable bonds is 5. The van der Waals surface area contributed by atoms with Gasteiger partial charge in [-0.25, -0.2) is 0 Å². The molecule has 1 aliphatic heterocycles. The van der Waals surface area contributed by atoms with Crippen molar-refractivity contribution < 1.29 is 28.5 Å². The largest absolute Gasteiger partial charge is 0.467 e. The predicted molar refractivity (Wildman–Crippen MR) is 71.7 cm³/mol. The Morgan fingerprint density at radius 2 is 2.14 bits per heavy atom. The Kier molecular flexibility index (Phi) is 4.81. The van der Waals surface area contributed by atoms with Gasteiger partial charge in [0.05, 0.1) is 7.11 Å². The van der Waals surface area contributed by atoms with Crippen molar-refractivity contribution in [2.75, 3.05) is 19.5 Å². The topological polar surface area (TPSA) is 128 Å². The van der Waals surface area contributed by atoms with Crippen molar-refractivity contribution in [1.29, 1.82) is 0 Å². The lowest BCUT2D eigenvalue weighted by molar-refractivity contribution is -0.155. The lowest BCUT2D eigenvalue weighted by atomic mass is 10.2. The summed E-state index contributed by atoms with van der Waals surface area (Å²) in [6.07, 6.45) is -1.46. The average molecular weight is 314 g/mol. The molecule has 0 bridgehead atoms. The fraction of sp³-hybridized carbons (Fsp3) is 0.667. The van der Waals surface area contributed by atoms with E-state index < -0.39 is 30.4 Å². The molecule has 1 aliphatic rings. The van der Waals surface area contributed by atoms with E-state index in [0.29, 0.717) is 6.42 Å². The number of hydrogen-bond acceptors (Lipinski definition) is 9. The van der Waals surface area contributed by atoms with Gasteiger partial charge < -0.3 is 24.7 Å². The lowest BCUT2D eigenvalue weighted by Gasteiger charge is -2.17. The highest BCUT2D eigenvalue weighted by molar-refractivity contribution is 5.66. The highest BCUT2D eigenvalue weighted by Gasteiger charge is 2.40. The van der Waals surface area contributed by atoms with Crippen LogP contribution in [0.4, 0.5) is 5.95 Å². The molecule has 1 aromatic heterocycles. The van der Waals surface area contributed by atoms with Crippen LogP contribution < -0.4 is 10.5 Å². The number of ether oxygens (including phenoxy) is 4. The van der Waals surface area contributed by atoms with Gasteiger partial charge in [0.15, 0.2) is 6.23 Å². The molecular weight excluding hydrogens is 296 g/mol. The summed E-state index contributed by atoms with van der Waals surface area (Å²) in [6, 6.07) is 0.178. The number of anilines is 1. The number of carbonyl (C=O) groups is 2. The second kappa shape index (κ2) is 6.60. The van der Waals surface area contributed by atoms with E-state index in [1.54, 1.807) is 0 Å². The molecule has 122 valence electrons. The standard InChI is InChI=1S/C12H18N4O6/c1-6(17)20-5-9-8(21-7(2)18)4-10(22-9)16-12(19-3)14-11(13)15-16/h8-10H,4-5H2,1-3H3,(H2,13,15)/t8-,9+,10+/m0/s1. The zero-order chi connectivity index (χ0) is 16.3. The van der Waals surface area contributed by atoms with Gasteiger partial charge in [-0.2, -0.15) is 9.67 Å². The maximum Gasteiger partial charge on any atom is 0.318 e. The van der Waals surface area contributed by atoms with Gasteiger partial charge in [0.1, 0.15) is 18.8 Å². The first-order valence-electron chi connectivity index (χ1n) is 6.62. The summed E-state index contributed by atoms with van der Waals surface area (Å²) >= 11 is 0. The van der Waals surface area contributed by atoms with Gasteiger partial charge in [-0.3, -0.25) is 9.59 Å². The highest BCUT2D eigenvalue weighted by Crippen LogP contribution is 2.33. The van der Waals surface area contributed by atoms with E-state index in [1.807, 2.05) is 0 Å². The molecule has 3 atom stereocenters. The number of aromatic nitrogens is 3. The van der Waals surface area contributed by atoms with Crippen LogP contribution in [0.5, 0.6) is 6.01 Å². The molecule has 10 heteroatoms. The van der Waals surface area contributed by atoms with Crippen molar-refractivity contribution in [2.45, 2.75) is 38.7 Å². The molecular formula is C12H18N4O6. The Labute approximate surface area is 126 Å². The molecule has 0 spiro atoms. The van der Waals surface area contributed by atoms with Gasteiger partial charge >= 0.3 is 17.9 Å². The minimum Gasteiger partial charge on any atom is -0.467 e. The third-order valence-corrected chi connectivity index (χ3v) is 3.02. The van der Waals surface area contributed by atoms with Crippen LogP contribution in [0.1, 0.15) is 26.5 Å². The summed E-state index contributed by atoms with van der Waals surface area (Å²) < 4.78 is 22.3. The molecule has 10 nitrogen and oxygen atoms in total. The summed E-state index contributed by atoms with van der Waals surface area (Å²) in [5.74, 6) is -0.865. The van der Waals surface area contributed by atoms with Crippen LogP contribution in [0.25, 0.3) is 0 Å². The third kappa shape index (κ3) is 3.64. The number of carbonyl (C=O) groups excluding carboxylic acids is 2. The van der Waals surface area contributed by atoms with Crippen LogP contribution in [-0.4, -0.2) is 52.6 Å². The highest BCUT2D eigenvalue weighted by atomic mass is 16.6. The van der Waals surface area contributed by atoms with Crippen molar-refractivity contribution in [1.82, 2.24) is 14.8 Å². The number of nitrogens with zero attached hydrogens (tertiary/aromatic N) is 3. The third-order valence-electron chi connectivity index (χ3n) is 3.02. The molecule has 1 aromatic rings. The number of hydrogen-bond donors (Lipinski definition) is 1. The van der Waals surface area contributed by atoms with Crippen molar-refractivity contribution in [3.63, 3.8) is 0 Å². The van der Waals surface area contributed by atoms with E-state index in [2.05, 4.69) is 10.1 Å². The minimum atomic E-state index is -0.604. The van der Waals surface area contributed by atoms with Crippen molar-refractivity contribution >= 4 is 17.9 Å². The van der Waals surface area contributed by atoms with Crippen LogP contribution >= 0.6 is 0 Å². The van der Waals surface area contributed by atoms with E-state index in [9.17, 15) is 9.59 Å². The van der Waals surface area contributed by atoms with Crippen molar-refractivity contribution in [3.8, 4) is 6.01 Å². The quantitative estimate of drug-likeness (QED) is 0.725. The monoisotopic (exact) mass is 314 g/mol. The molecule has 0 amide bonds. The second-order valence-electron chi connectivity index (χ2n) is 4.72. The van der Waals surface area contributed by atoms with Gasteiger partial charge in [-0.1, -0.05) is 0 Å². The zero-order valence-corrected chi connectivity index (χ0v) is 12.5. The Hall–Kier alpha value is -2.36. The number of nitrogen functional groups attached to an aromatic ring is 1. The number of esters is 2. The first-order chi connectivity index (χ1) is 10.4. The number of methoxy groups -OCH3 is 1. The van der Waals surface area contributed by atoms with E-state index >= 15 is 0 Å². The van der Waals surface area contributed by atoms with E-state index in [-0.39, 0.29) is 18.6 Å². The molecule has 1 saturated heterocycles. The van der Waals surface area contributed by atoms with Crippen molar-refractivity contribution in [2.24, 2.45) is 0 Å². The van der Waals surface area contributed by atoms with Crippen LogP contribution in [0.3, 0.4) is 0 Å². The Morgan fingerprint density at radius 1 is 1.41 bits per heavy atom. The van der Waals surface area contributed by atoms with Crippen LogP contribution in [0.2, 0.25) is 0 Å². The summed E-state index contributed by atoms with van der Waals surface area (Å²) in [5.41, 5.74) is 5.54. The Balaban J connectivity index is 2.14. The molecule has 22 heavy (non-hydrogen) atoms. The lowest BCUT2D eigenvalue weighted by Crippen LogP contribution is -2.31. The molecule has 2 N–H and O–H groups in total. The van der Waals surface area contributed by atoms with Crippen LogP contribution in [0, 0.1) is 0 Å². The summed E-state index contributed by atoms with van der Waals surface area (Å²) in [7, 11) is 1.43. The van der Waals surface area contributed by atoms with Crippen molar-refractivity contribution in [3.05, 3.63) is 0 Å². The zero-order valence-electron chi connectivity index (χ0n) is 12.5. The molecule has 0 unspecified atom stereocenters. The fourth-order valence-electron chi connectivity index (χ4n) is 2.19. The molecule has 0 aliphatic carbocycles.